The molecule has 0 fully saturated rings. The van der Waals surface area contributed by atoms with E-state index in [1.807, 2.05) is 44.2 Å². The van der Waals surface area contributed by atoms with E-state index in [1.165, 1.54) is 0 Å². The molecule has 0 aliphatic rings. The molecule has 0 radical (unpaired) electrons. The molecule has 1 aromatic carbocycles. The number of benzene rings is 1. The Morgan fingerprint density at radius 3 is 2.20 bits per heavy atom. The van der Waals surface area contributed by atoms with Crippen LogP contribution >= 0.6 is 0 Å². The second-order valence-corrected chi connectivity index (χ2v) is 4.96. The highest BCUT2D eigenvalue weighted by atomic mass is 16.1. The molecule has 0 saturated heterocycles. The van der Waals surface area contributed by atoms with E-state index in [1.54, 1.807) is 0 Å². The summed E-state index contributed by atoms with van der Waals surface area (Å²) in [5.41, 5.74) is 0.881. The van der Waals surface area contributed by atoms with Crippen LogP contribution in [-0.2, 0) is 11.2 Å². The number of hydrogen-bond donors (Lipinski definition) is 0. The van der Waals surface area contributed by atoms with Gasteiger partial charge in [-0.05, 0) is 11.5 Å². The van der Waals surface area contributed by atoms with Gasteiger partial charge >= 0.3 is 0 Å². The molecule has 1 aromatic rings. The lowest BCUT2D eigenvalue weighted by Gasteiger charge is -2.27. The number of rotatable bonds is 4. The monoisotopic (exact) mass is 204 g/mol. The van der Waals surface area contributed by atoms with Crippen molar-refractivity contribution in [3.05, 3.63) is 35.9 Å². The lowest BCUT2D eigenvalue weighted by atomic mass is 9.75. The average molecular weight is 204 g/mol. The molecule has 0 heterocycles. The van der Waals surface area contributed by atoms with Gasteiger partial charge in [0.2, 0.25) is 0 Å². The first-order chi connectivity index (χ1) is 6.94. The Morgan fingerprint density at radius 2 is 1.73 bits per heavy atom. The Labute approximate surface area is 92.5 Å². The SMILES string of the molecule is CC(C)C(C)(C)C(=O)Cc1ccccc1. The fourth-order valence-electron chi connectivity index (χ4n) is 1.33. The zero-order chi connectivity index (χ0) is 11.5. The van der Waals surface area contributed by atoms with Gasteiger partial charge in [-0.3, -0.25) is 4.79 Å². The highest BCUT2D eigenvalue weighted by Gasteiger charge is 2.30. The van der Waals surface area contributed by atoms with Crippen molar-refractivity contribution >= 4 is 5.78 Å². The Bertz CT molecular complexity index is 322. The van der Waals surface area contributed by atoms with E-state index in [4.69, 9.17) is 0 Å². The summed E-state index contributed by atoms with van der Waals surface area (Å²) in [6.45, 7) is 8.26. The molecule has 15 heavy (non-hydrogen) atoms. The van der Waals surface area contributed by atoms with Gasteiger partial charge in [-0.1, -0.05) is 58.0 Å². The molecule has 0 unspecified atom stereocenters. The van der Waals surface area contributed by atoms with Crippen LogP contribution in [0.4, 0.5) is 0 Å². The fourth-order valence-corrected chi connectivity index (χ4v) is 1.33. The summed E-state index contributed by atoms with van der Waals surface area (Å²) in [5.74, 6) is 0.706. The predicted molar refractivity (Wildman–Crippen MR) is 63.8 cm³/mol. The smallest absolute Gasteiger partial charge is 0.143 e. The summed E-state index contributed by atoms with van der Waals surface area (Å²) in [5, 5.41) is 0. The average Bonchev–Trinajstić information content (AvgIpc) is 2.18. The van der Waals surface area contributed by atoms with Gasteiger partial charge in [-0.2, -0.15) is 0 Å². The van der Waals surface area contributed by atoms with Crippen LogP contribution < -0.4 is 0 Å². The van der Waals surface area contributed by atoms with Crippen LogP contribution in [0.5, 0.6) is 0 Å². The Hall–Kier alpha value is -1.11. The van der Waals surface area contributed by atoms with Gasteiger partial charge in [0.05, 0.1) is 0 Å². The minimum absolute atomic E-state index is 0.226. The van der Waals surface area contributed by atoms with Gasteiger partial charge in [0.1, 0.15) is 5.78 Å². The predicted octanol–water partition coefficient (Wildman–Crippen LogP) is 3.48. The molecular weight excluding hydrogens is 184 g/mol. The number of carbonyl (C=O) groups is 1. The van der Waals surface area contributed by atoms with E-state index in [0.29, 0.717) is 18.1 Å². The van der Waals surface area contributed by atoms with E-state index in [9.17, 15) is 4.79 Å². The maximum absolute atomic E-state index is 12.1. The summed E-state index contributed by atoms with van der Waals surface area (Å²) in [4.78, 5) is 12.1. The first-order valence-electron chi connectivity index (χ1n) is 5.52. The molecule has 0 aromatic heterocycles. The van der Waals surface area contributed by atoms with Crippen LogP contribution in [0.3, 0.4) is 0 Å². The maximum atomic E-state index is 12.1. The highest BCUT2D eigenvalue weighted by molar-refractivity contribution is 5.86. The largest absolute Gasteiger partial charge is 0.299 e. The van der Waals surface area contributed by atoms with Crippen molar-refractivity contribution in [3.8, 4) is 0 Å². The molecular formula is C14H20O. The fraction of sp³-hybridized carbons (Fsp3) is 0.500. The van der Waals surface area contributed by atoms with E-state index >= 15 is 0 Å². The van der Waals surface area contributed by atoms with E-state index in [2.05, 4.69) is 13.8 Å². The molecule has 0 N–H and O–H groups in total. The number of hydrogen-bond acceptors (Lipinski definition) is 1. The molecule has 82 valence electrons. The van der Waals surface area contributed by atoms with Crippen LogP contribution in [0.2, 0.25) is 0 Å². The van der Waals surface area contributed by atoms with Gasteiger partial charge in [-0.15, -0.1) is 0 Å². The molecule has 0 spiro atoms. The van der Waals surface area contributed by atoms with Gasteiger partial charge in [-0.25, -0.2) is 0 Å². The van der Waals surface area contributed by atoms with Gasteiger partial charge < -0.3 is 0 Å². The third-order valence-electron chi connectivity index (χ3n) is 3.37. The molecule has 0 saturated carbocycles. The Kier molecular flexibility index (Phi) is 3.67. The third-order valence-corrected chi connectivity index (χ3v) is 3.37. The zero-order valence-electron chi connectivity index (χ0n) is 10.1. The van der Waals surface area contributed by atoms with Crippen LogP contribution in [0.15, 0.2) is 30.3 Å². The first kappa shape index (κ1) is 12.0. The van der Waals surface area contributed by atoms with Gasteiger partial charge in [0.25, 0.3) is 0 Å². The van der Waals surface area contributed by atoms with Crippen molar-refractivity contribution in [2.75, 3.05) is 0 Å². The maximum Gasteiger partial charge on any atom is 0.143 e. The van der Waals surface area contributed by atoms with Gasteiger partial charge in [0.15, 0.2) is 0 Å². The van der Waals surface area contributed by atoms with E-state index in [-0.39, 0.29) is 5.41 Å². The lowest BCUT2D eigenvalue weighted by molar-refractivity contribution is -0.128. The molecule has 1 rings (SSSR count). The third kappa shape index (κ3) is 2.92. The quantitative estimate of drug-likeness (QED) is 0.734. The Morgan fingerprint density at radius 1 is 1.20 bits per heavy atom. The van der Waals surface area contributed by atoms with E-state index < -0.39 is 0 Å². The molecule has 0 atom stereocenters. The minimum atomic E-state index is -0.226. The summed E-state index contributed by atoms with van der Waals surface area (Å²) >= 11 is 0. The van der Waals surface area contributed by atoms with Crippen LogP contribution in [0, 0.1) is 11.3 Å². The van der Waals surface area contributed by atoms with Crippen molar-refractivity contribution in [2.24, 2.45) is 11.3 Å². The number of Topliss-reactive ketones (excluding diaryl/α,β-unsaturated/α-hetero) is 1. The van der Waals surface area contributed by atoms with Crippen molar-refractivity contribution < 1.29 is 4.79 Å². The minimum Gasteiger partial charge on any atom is -0.299 e. The standard InChI is InChI=1S/C14H20O/c1-11(2)14(3,4)13(15)10-12-8-6-5-7-9-12/h5-9,11H,10H2,1-4H3. The van der Waals surface area contributed by atoms with Crippen molar-refractivity contribution in [1.82, 2.24) is 0 Å². The van der Waals surface area contributed by atoms with Crippen LogP contribution in [0.25, 0.3) is 0 Å². The van der Waals surface area contributed by atoms with Crippen LogP contribution in [-0.4, -0.2) is 5.78 Å². The zero-order valence-corrected chi connectivity index (χ0v) is 10.1. The lowest BCUT2D eigenvalue weighted by Crippen LogP contribution is -2.31. The summed E-state index contributed by atoms with van der Waals surface area (Å²) in [7, 11) is 0. The molecule has 0 amide bonds. The Balaban J connectivity index is 2.72. The van der Waals surface area contributed by atoms with Crippen molar-refractivity contribution in [3.63, 3.8) is 0 Å². The normalized spacial score (nSPS) is 11.8. The summed E-state index contributed by atoms with van der Waals surface area (Å²) < 4.78 is 0. The highest BCUT2D eigenvalue weighted by Crippen LogP contribution is 2.28. The first-order valence-corrected chi connectivity index (χ1v) is 5.52. The van der Waals surface area contributed by atoms with Crippen LogP contribution in [0.1, 0.15) is 33.3 Å². The topological polar surface area (TPSA) is 17.1 Å². The number of ketones is 1. The molecule has 1 nitrogen and oxygen atoms in total. The molecule has 1 heteroatoms. The van der Waals surface area contributed by atoms with E-state index in [0.717, 1.165) is 5.56 Å². The molecule has 0 aliphatic heterocycles. The summed E-state index contributed by atoms with van der Waals surface area (Å²) in [6, 6.07) is 9.94. The second kappa shape index (κ2) is 4.61. The second-order valence-electron chi connectivity index (χ2n) is 4.96. The summed E-state index contributed by atoms with van der Waals surface area (Å²) in [6.07, 6.45) is 0.548. The van der Waals surface area contributed by atoms with Crippen molar-refractivity contribution in [1.29, 1.82) is 0 Å². The number of carbonyl (C=O) groups excluding carboxylic acids is 1. The molecule has 0 bridgehead atoms. The van der Waals surface area contributed by atoms with Crippen molar-refractivity contribution in [2.45, 2.75) is 34.1 Å². The van der Waals surface area contributed by atoms with Gasteiger partial charge in [0, 0.05) is 11.8 Å². The molecule has 0 aliphatic carbocycles.